The van der Waals surface area contributed by atoms with Gasteiger partial charge in [0.2, 0.25) is 5.96 Å². The van der Waals surface area contributed by atoms with E-state index >= 15 is 0 Å². The topological polar surface area (TPSA) is 158 Å². The van der Waals surface area contributed by atoms with Gasteiger partial charge in [0.05, 0.1) is 17.8 Å². The van der Waals surface area contributed by atoms with Gasteiger partial charge in [-0.25, -0.2) is 9.98 Å². The minimum atomic E-state index is -0.718. The number of aromatic nitrogens is 1. The third-order valence-corrected chi connectivity index (χ3v) is 4.27. The molecule has 0 saturated heterocycles. The molecule has 0 fully saturated rings. The first kappa shape index (κ1) is 17.1. The number of pyridine rings is 1. The minimum Gasteiger partial charge on any atom is -0.495 e. The largest absolute Gasteiger partial charge is 0.495 e. The molecule has 1 aromatic heterocycles. The summed E-state index contributed by atoms with van der Waals surface area (Å²) in [5.41, 5.74) is 13.2. The van der Waals surface area contributed by atoms with Gasteiger partial charge in [-0.2, -0.15) is 10.5 Å². The molecule has 0 amide bonds. The van der Waals surface area contributed by atoms with Crippen molar-refractivity contribution in [3.05, 3.63) is 39.9 Å². The molecule has 6 N–H and O–H groups in total. The highest BCUT2D eigenvalue weighted by Crippen LogP contribution is 2.44. The Morgan fingerprint density at radius 1 is 1.35 bits per heavy atom. The van der Waals surface area contributed by atoms with Crippen molar-refractivity contribution in [1.29, 1.82) is 10.5 Å². The molecule has 2 aromatic rings. The molecular weight excluding hydrogens is 356 g/mol. The normalized spacial score (nSPS) is 14.9. The second-order valence-electron chi connectivity index (χ2n) is 5.27. The highest BCUT2D eigenvalue weighted by Gasteiger charge is 2.31. The van der Waals surface area contributed by atoms with E-state index in [2.05, 4.69) is 20.6 Å². The van der Waals surface area contributed by atoms with Gasteiger partial charge in [-0.15, -0.1) is 0 Å². The number of ether oxygens (including phenoxy) is 1. The van der Waals surface area contributed by atoms with E-state index < -0.39 is 6.04 Å². The number of nitrogens with zero attached hydrogens (tertiary/aromatic N) is 4. The Labute approximate surface area is 153 Å². The maximum absolute atomic E-state index is 9.32. The van der Waals surface area contributed by atoms with Gasteiger partial charge >= 0.3 is 0 Å². The maximum atomic E-state index is 9.32. The molecule has 130 valence electrons. The second kappa shape index (κ2) is 6.67. The van der Waals surface area contributed by atoms with Crippen molar-refractivity contribution in [3.63, 3.8) is 0 Å². The highest BCUT2D eigenvalue weighted by molar-refractivity contribution is 6.33. The van der Waals surface area contributed by atoms with Gasteiger partial charge in [-0.1, -0.05) is 23.7 Å². The molecule has 3 rings (SSSR count). The lowest BCUT2D eigenvalue weighted by molar-refractivity contribution is 0.414. The lowest BCUT2D eigenvalue weighted by atomic mass is 9.95. The van der Waals surface area contributed by atoms with Gasteiger partial charge in [0.25, 0.3) is 0 Å². The van der Waals surface area contributed by atoms with Crippen molar-refractivity contribution in [1.82, 2.24) is 10.3 Å². The average molecular weight is 369 g/mol. The van der Waals surface area contributed by atoms with E-state index in [1.165, 1.54) is 7.11 Å². The number of aliphatic imine (C=N–C) groups is 1. The fourth-order valence-corrected chi connectivity index (χ4v) is 3.01. The van der Waals surface area contributed by atoms with Crippen molar-refractivity contribution in [2.45, 2.75) is 6.04 Å². The van der Waals surface area contributed by atoms with Crippen LogP contribution in [0.3, 0.4) is 0 Å². The summed E-state index contributed by atoms with van der Waals surface area (Å²) in [5, 5.41) is 23.8. The van der Waals surface area contributed by atoms with Crippen LogP contribution in [0.1, 0.15) is 22.7 Å². The third kappa shape index (κ3) is 2.66. The molecule has 1 aromatic carbocycles. The lowest BCUT2D eigenvalue weighted by Gasteiger charge is -2.27. The van der Waals surface area contributed by atoms with E-state index in [-0.39, 0.29) is 28.8 Å². The highest BCUT2D eigenvalue weighted by atomic mass is 35.5. The summed E-state index contributed by atoms with van der Waals surface area (Å²) < 4.78 is 5.25. The van der Waals surface area contributed by atoms with E-state index in [1.54, 1.807) is 24.4 Å². The Hall–Kier alpha value is -3.69. The smallest absolute Gasteiger partial charge is 0.211 e. The number of rotatable bonds is 2. The summed E-state index contributed by atoms with van der Waals surface area (Å²) in [6.45, 7) is 0. The van der Waals surface area contributed by atoms with Crippen LogP contribution in [0.2, 0.25) is 5.02 Å². The Morgan fingerprint density at radius 3 is 2.77 bits per heavy atom. The number of anilines is 3. The summed E-state index contributed by atoms with van der Waals surface area (Å²) in [4.78, 5) is 8.63. The minimum absolute atomic E-state index is 0.0232. The quantitative estimate of drug-likeness (QED) is 0.460. The van der Waals surface area contributed by atoms with Crippen LogP contribution >= 0.6 is 11.6 Å². The zero-order chi connectivity index (χ0) is 18.8. The fourth-order valence-electron chi connectivity index (χ4n) is 2.70. The number of guanidine groups is 1. The van der Waals surface area contributed by atoms with Crippen molar-refractivity contribution in [3.8, 4) is 18.0 Å². The molecule has 2 heterocycles. The molecular formula is C16H13ClN8O. The molecule has 10 heteroatoms. The Bertz CT molecular complexity index is 1000. The summed E-state index contributed by atoms with van der Waals surface area (Å²) in [6, 6.07) is 6.43. The van der Waals surface area contributed by atoms with Gasteiger partial charge in [0.15, 0.2) is 6.19 Å². The zero-order valence-electron chi connectivity index (χ0n) is 13.5. The van der Waals surface area contributed by atoms with Crippen molar-refractivity contribution in [2.24, 2.45) is 4.99 Å². The number of nitrogens with one attached hydrogen (secondary N) is 2. The zero-order valence-corrected chi connectivity index (χ0v) is 14.3. The first-order valence-electron chi connectivity index (χ1n) is 7.33. The molecule has 0 spiro atoms. The average Bonchev–Trinajstić information content (AvgIpc) is 2.61. The number of nitriles is 2. The summed E-state index contributed by atoms with van der Waals surface area (Å²) >= 11 is 6.44. The fraction of sp³-hybridized carbons (Fsp3) is 0.125. The van der Waals surface area contributed by atoms with Crippen LogP contribution in [-0.4, -0.2) is 18.1 Å². The van der Waals surface area contributed by atoms with Gasteiger partial charge in [0.1, 0.15) is 35.1 Å². The molecule has 26 heavy (non-hydrogen) atoms. The van der Waals surface area contributed by atoms with Crippen LogP contribution in [0.25, 0.3) is 0 Å². The Kier molecular flexibility index (Phi) is 4.40. The molecule has 0 bridgehead atoms. The number of methoxy groups -OCH3 is 1. The molecule has 1 aliphatic rings. The van der Waals surface area contributed by atoms with Gasteiger partial charge in [-0.3, -0.25) is 5.32 Å². The standard InChI is InChI=1S/C16H13ClN8O/c1-26-9-4-2-3-7(11(9)17)13-10-12(20)8(5-18)14(21)24-15(10)25-16(23-13)22-6-19/h2-4,13H,1H3,(H6,20,21,22,23,24,25). The van der Waals surface area contributed by atoms with Crippen LogP contribution in [0.5, 0.6) is 5.75 Å². The Morgan fingerprint density at radius 2 is 2.12 bits per heavy atom. The number of nitrogens with two attached hydrogens (primary N) is 2. The van der Waals surface area contributed by atoms with Crippen LogP contribution in [0.15, 0.2) is 23.2 Å². The van der Waals surface area contributed by atoms with Crippen LogP contribution in [0.4, 0.5) is 17.3 Å². The predicted molar refractivity (Wildman–Crippen MR) is 97.4 cm³/mol. The summed E-state index contributed by atoms with van der Waals surface area (Å²) in [5.74, 6) is 0.872. The van der Waals surface area contributed by atoms with Gasteiger partial charge in [0, 0.05) is 11.1 Å². The van der Waals surface area contributed by atoms with Crippen LogP contribution in [0, 0.1) is 22.8 Å². The number of fused-ring (bicyclic) bond motifs is 1. The van der Waals surface area contributed by atoms with E-state index in [4.69, 9.17) is 33.1 Å². The number of nitrogen functional groups attached to an aromatic ring is 2. The van der Waals surface area contributed by atoms with Gasteiger partial charge < -0.3 is 21.5 Å². The van der Waals surface area contributed by atoms with E-state index in [0.29, 0.717) is 21.9 Å². The van der Waals surface area contributed by atoms with Crippen LogP contribution < -0.4 is 26.8 Å². The van der Waals surface area contributed by atoms with E-state index in [9.17, 15) is 5.26 Å². The number of benzene rings is 1. The van der Waals surface area contributed by atoms with Crippen molar-refractivity contribution >= 4 is 34.9 Å². The van der Waals surface area contributed by atoms with E-state index in [0.717, 1.165) is 0 Å². The number of hydrogen-bond acceptors (Lipinski definition) is 9. The third-order valence-electron chi connectivity index (χ3n) is 3.87. The molecule has 0 radical (unpaired) electrons. The molecule has 1 atom stereocenters. The van der Waals surface area contributed by atoms with Crippen LogP contribution in [-0.2, 0) is 0 Å². The predicted octanol–water partition coefficient (Wildman–Crippen LogP) is 1.72. The molecule has 0 aliphatic carbocycles. The van der Waals surface area contributed by atoms with Gasteiger partial charge in [-0.05, 0) is 6.07 Å². The molecule has 0 saturated carbocycles. The summed E-state index contributed by atoms with van der Waals surface area (Å²) in [7, 11) is 1.50. The number of halogens is 1. The molecule has 1 unspecified atom stereocenters. The first-order chi connectivity index (χ1) is 12.5. The molecule has 1 aliphatic heterocycles. The maximum Gasteiger partial charge on any atom is 0.211 e. The monoisotopic (exact) mass is 368 g/mol. The van der Waals surface area contributed by atoms with E-state index in [1.807, 2.05) is 6.07 Å². The van der Waals surface area contributed by atoms with Crippen molar-refractivity contribution in [2.75, 3.05) is 23.9 Å². The SMILES string of the molecule is COc1cccc(C2N=C(NC#N)Nc3nc(N)c(C#N)c(N)c32)c1Cl. The number of hydrogen-bond donors (Lipinski definition) is 4. The Balaban J connectivity index is 2.29. The molecule has 9 nitrogen and oxygen atoms in total. The lowest BCUT2D eigenvalue weighted by Crippen LogP contribution is -2.32. The van der Waals surface area contributed by atoms with Crippen molar-refractivity contribution < 1.29 is 4.74 Å². The first-order valence-corrected chi connectivity index (χ1v) is 7.70. The second-order valence-corrected chi connectivity index (χ2v) is 5.64. The summed E-state index contributed by atoms with van der Waals surface area (Å²) in [6.07, 6.45) is 1.79.